The van der Waals surface area contributed by atoms with Gasteiger partial charge in [-0.15, -0.1) is 17.0 Å². The lowest BCUT2D eigenvalue weighted by Crippen LogP contribution is -2.55. The number of rotatable bonds is 10. The molecule has 28 heavy (non-hydrogen) atoms. The van der Waals surface area contributed by atoms with Crippen molar-refractivity contribution in [1.29, 1.82) is 0 Å². The van der Waals surface area contributed by atoms with E-state index in [0.29, 0.717) is 32.4 Å². The molecule has 0 radical (unpaired) electrons. The second-order valence-electron chi connectivity index (χ2n) is 7.39. The van der Waals surface area contributed by atoms with Crippen LogP contribution >= 0.6 is 17.0 Å². The molecule has 6 N–H and O–H groups in total. The fourth-order valence-corrected chi connectivity index (χ4v) is 3.23. The molecule has 0 saturated carbocycles. The number of carbonyl (C=O) groups is 4. The Balaban J connectivity index is 0.00000729. The van der Waals surface area contributed by atoms with Crippen molar-refractivity contribution in [2.45, 2.75) is 71.0 Å². The van der Waals surface area contributed by atoms with Gasteiger partial charge in [-0.05, 0) is 38.5 Å². The molecule has 0 aromatic rings. The van der Waals surface area contributed by atoms with E-state index in [1.807, 2.05) is 20.8 Å². The molecule has 1 fully saturated rings. The lowest BCUT2D eigenvalue weighted by atomic mass is 10.0. The summed E-state index contributed by atoms with van der Waals surface area (Å²) in [7, 11) is 0. The molecule has 0 aliphatic carbocycles. The van der Waals surface area contributed by atoms with Gasteiger partial charge in [-0.25, -0.2) is 0 Å². The standard InChI is InChI=1S/C18H33N5O4.BrH/c1-4-21-17(26)14-6-5-9-23(14)18(27)13(7-8-15(20)24)22-16(25)12(19)10-11(2)3;/h11-14H,4-10,19H2,1-3H3,(H2,20,24)(H,21,26)(H,22,25);1H/t12-,13-,14-;/m0./s1. The van der Waals surface area contributed by atoms with E-state index in [9.17, 15) is 19.2 Å². The predicted octanol–water partition coefficient (Wildman–Crippen LogP) is -0.185. The molecule has 1 rings (SSSR count). The van der Waals surface area contributed by atoms with Crippen LogP contribution in [0.5, 0.6) is 0 Å². The Morgan fingerprint density at radius 2 is 1.86 bits per heavy atom. The highest BCUT2D eigenvalue weighted by atomic mass is 79.9. The second-order valence-corrected chi connectivity index (χ2v) is 7.39. The third-order valence-corrected chi connectivity index (χ3v) is 4.55. The van der Waals surface area contributed by atoms with Crippen molar-refractivity contribution in [1.82, 2.24) is 15.5 Å². The van der Waals surface area contributed by atoms with Gasteiger partial charge in [0.1, 0.15) is 12.1 Å². The molecule has 0 spiro atoms. The van der Waals surface area contributed by atoms with E-state index in [0.717, 1.165) is 0 Å². The van der Waals surface area contributed by atoms with Gasteiger partial charge >= 0.3 is 0 Å². The summed E-state index contributed by atoms with van der Waals surface area (Å²) in [5, 5.41) is 5.38. The topological polar surface area (TPSA) is 148 Å². The summed E-state index contributed by atoms with van der Waals surface area (Å²) < 4.78 is 0. The maximum Gasteiger partial charge on any atom is 0.245 e. The number of nitrogens with one attached hydrogen (secondary N) is 2. The van der Waals surface area contributed by atoms with E-state index in [-0.39, 0.29) is 47.6 Å². The molecular weight excluding hydrogens is 430 g/mol. The lowest BCUT2D eigenvalue weighted by Gasteiger charge is -2.29. The first-order valence-electron chi connectivity index (χ1n) is 9.59. The zero-order valence-electron chi connectivity index (χ0n) is 16.9. The summed E-state index contributed by atoms with van der Waals surface area (Å²) >= 11 is 0. The predicted molar refractivity (Wildman–Crippen MR) is 112 cm³/mol. The first-order chi connectivity index (χ1) is 12.7. The Bertz CT molecular complexity index is 558. The Kier molecular flexibility index (Phi) is 12.0. The Morgan fingerprint density at radius 1 is 1.21 bits per heavy atom. The van der Waals surface area contributed by atoms with Gasteiger partial charge < -0.3 is 27.0 Å². The minimum atomic E-state index is -0.932. The van der Waals surface area contributed by atoms with Crippen LogP contribution in [0.4, 0.5) is 0 Å². The van der Waals surface area contributed by atoms with Gasteiger partial charge in [0.2, 0.25) is 23.6 Å². The highest BCUT2D eigenvalue weighted by Crippen LogP contribution is 2.20. The van der Waals surface area contributed by atoms with Crippen molar-refractivity contribution in [2.24, 2.45) is 17.4 Å². The van der Waals surface area contributed by atoms with E-state index in [2.05, 4.69) is 10.6 Å². The average molecular weight is 464 g/mol. The van der Waals surface area contributed by atoms with Crippen LogP contribution in [-0.2, 0) is 19.2 Å². The highest BCUT2D eigenvalue weighted by molar-refractivity contribution is 8.93. The largest absolute Gasteiger partial charge is 0.370 e. The van der Waals surface area contributed by atoms with Crippen molar-refractivity contribution in [3.05, 3.63) is 0 Å². The molecule has 1 aliphatic rings. The van der Waals surface area contributed by atoms with E-state index < -0.39 is 29.9 Å². The van der Waals surface area contributed by atoms with Gasteiger partial charge in [0.05, 0.1) is 6.04 Å². The summed E-state index contributed by atoms with van der Waals surface area (Å²) in [5.74, 6) is -1.36. The molecule has 0 bridgehead atoms. The van der Waals surface area contributed by atoms with Gasteiger partial charge in [-0.3, -0.25) is 19.2 Å². The number of carbonyl (C=O) groups excluding carboxylic acids is 4. The van der Waals surface area contributed by atoms with Gasteiger partial charge in [0, 0.05) is 19.5 Å². The Morgan fingerprint density at radius 3 is 2.39 bits per heavy atom. The number of halogens is 1. The van der Waals surface area contributed by atoms with Crippen LogP contribution < -0.4 is 22.1 Å². The van der Waals surface area contributed by atoms with Crippen LogP contribution in [0.25, 0.3) is 0 Å². The minimum absolute atomic E-state index is 0. The summed E-state index contributed by atoms with van der Waals surface area (Å²) in [6.07, 6.45) is 1.79. The number of hydrogen-bond donors (Lipinski definition) is 4. The molecule has 3 atom stereocenters. The second kappa shape index (κ2) is 12.7. The molecule has 0 unspecified atom stereocenters. The third-order valence-electron chi connectivity index (χ3n) is 4.55. The monoisotopic (exact) mass is 463 g/mol. The summed E-state index contributed by atoms with van der Waals surface area (Å²) in [6.45, 7) is 6.62. The lowest BCUT2D eigenvalue weighted by molar-refractivity contribution is -0.141. The van der Waals surface area contributed by atoms with Gasteiger partial charge in [0.15, 0.2) is 0 Å². The van der Waals surface area contributed by atoms with Gasteiger partial charge in [0.25, 0.3) is 0 Å². The number of nitrogens with two attached hydrogens (primary N) is 2. The number of primary amides is 1. The normalized spacial score (nSPS) is 18.2. The smallest absolute Gasteiger partial charge is 0.245 e. The molecule has 4 amide bonds. The first kappa shape index (κ1) is 26.3. The first-order valence-corrected chi connectivity index (χ1v) is 9.59. The zero-order chi connectivity index (χ0) is 20.6. The number of likely N-dealkylation sites (N-methyl/N-ethyl adjacent to an activating group) is 1. The third kappa shape index (κ3) is 8.14. The maximum atomic E-state index is 13.0. The number of likely N-dealkylation sites (tertiary alicyclic amines) is 1. The molecule has 0 aromatic carbocycles. The van der Waals surface area contributed by atoms with Crippen molar-refractivity contribution in [3.8, 4) is 0 Å². The molecular formula is C18H34BrN5O4. The van der Waals surface area contributed by atoms with Crippen molar-refractivity contribution in [3.63, 3.8) is 0 Å². The molecule has 1 heterocycles. The van der Waals surface area contributed by atoms with Crippen molar-refractivity contribution >= 4 is 40.6 Å². The molecule has 10 heteroatoms. The van der Waals surface area contributed by atoms with Crippen LogP contribution in [0.1, 0.15) is 52.9 Å². The van der Waals surface area contributed by atoms with E-state index >= 15 is 0 Å². The van der Waals surface area contributed by atoms with Gasteiger partial charge in [-0.1, -0.05) is 13.8 Å². The molecule has 162 valence electrons. The summed E-state index contributed by atoms with van der Waals surface area (Å²) in [6, 6.07) is -2.24. The zero-order valence-corrected chi connectivity index (χ0v) is 18.6. The quantitative estimate of drug-likeness (QED) is 0.354. The highest BCUT2D eigenvalue weighted by Gasteiger charge is 2.37. The fourth-order valence-electron chi connectivity index (χ4n) is 3.23. The molecule has 0 aromatic heterocycles. The van der Waals surface area contributed by atoms with Crippen molar-refractivity contribution < 1.29 is 19.2 Å². The SMILES string of the molecule is Br.CCNC(=O)[C@@H]1CCCN1C(=O)[C@H](CCC(N)=O)NC(=O)[C@@H](N)CC(C)C. The average Bonchev–Trinajstić information content (AvgIpc) is 3.06. The van der Waals surface area contributed by atoms with Crippen molar-refractivity contribution in [2.75, 3.05) is 13.1 Å². The molecule has 9 nitrogen and oxygen atoms in total. The van der Waals surface area contributed by atoms with Crippen LogP contribution in [0.3, 0.4) is 0 Å². The van der Waals surface area contributed by atoms with Crippen LogP contribution in [0, 0.1) is 5.92 Å². The molecule has 1 saturated heterocycles. The Labute approximate surface area is 177 Å². The number of amides is 4. The molecule has 1 aliphatic heterocycles. The van der Waals surface area contributed by atoms with Gasteiger partial charge in [-0.2, -0.15) is 0 Å². The van der Waals surface area contributed by atoms with E-state index in [4.69, 9.17) is 11.5 Å². The maximum absolute atomic E-state index is 13.0. The number of hydrogen-bond acceptors (Lipinski definition) is 5. The minimum Gasteiger partial charge on any atom is -0.370 e. The Hall–Kier alpha value is -1.68. The summed E-state index contributed by atoms with van der Waals surface area (Å²) in [5.41, 5.74) is 11.1. The fraction of sp³-hybridized carbons (Fsp3) is 0.778. The van der Waals surface area contributed by atoms with Crippen LogP contribution in [0.2, 0.25) is 0 Å². The summed E-state index contributed by atoms with van der Waals surface area (Å²) in [4.78, 5) is 50.2. The van der Waals surface area contributed by atoms with Crippen LogP contribution in [0.15, 0.2) is 0 Å². The van der Waals surface area contributed by atoms with Crippen LogP contribution in [-0.4, -0.2) is 59.7 Å². The number of nitrogens with zero attached hydrogens (tertiary/aromatic N) is 1. The van der Waals surface area contributed by atoms with E-state index in [1.54, 1.807) is 0 Å². The van der Waals surface area contributed by atoms with E-state index in [1.165, 1.54) is 4.90 Å².